The van der Waals surface area contributed by atoms with Crippen molar-refractivity contribution in [2.24, 2.45) is 0 Å². The molecular formula is C24H36N4O4S. The molecule has 0 unspecified atom stereocenters. The number of rotatable bonds is 12. The number of aromatic nitrogens is 1. The van der Waals surface area contributed by atoms with Crippen LogP contribution in [0.15, 0.2) is 29.1 Å². The fourth-order valence-electron chi connectivity index (χ4n) is 3.90. The topological polar surface area (TPSA) is 79.1 Å². The fraction of sp³-hybridized carbons (Fsp3) is 0.583. The van der Waals surface area contributed by atoms with Gasteiger partial charge in [-0.25, -0.2) is 0 Å². The summed E-state index contributed by atoms with van der Waals surface area (Å²) in [4.78, 5) is 20.3. The zero-order valence-electron chi connectivity index (χ0n) is 19.7. The Morgan fingerprint density at radius 3 is 2.85 bits per heavy atom. The molecule has 0 atom stereocenters. The Morgan fingerprint density at radius 2 is 2.09 bits per heavy atom. The van der Waals surface area contributed by atoms with Crippen molar-refractivity contribution in [3.05, 3.63) is 40.2 Å². The second kappa shape index (κ2) is 13.5. The van der Waals surface area contributed by atoms with Crippen LogP contribution in [0.2, 0.25) is 0 Å². The first-order valence-corrected chi connectivity index (χ1v) is 12.1. The smallest absolute Gasteiger partial charge is 0.253 e. The fourth-order valence-corrected chi connectivity index (χ4v) is 4.15. The van der Waals surface area contributed by atoms with Gasteiger partial charge in [-0.2, -0.15) is 0 Å². The minimum Gasteiger partial charge on any atom is -0.494 e. The van der Waals surface area contributed by atoms with E-state index < -0.39 is 0 Å². The molecule has 2 N–H and O–H groups in total. The van der Waals surface area contributed by atoms with Crippen molar-refractivity contribution in [2.75, 3.05) is 66.3 Å². The number of benzene rings is 1. The number of H-pyrrole nitrogens is 1. The predicted molar refractivity (Wildman–Crippen MR) is 135 cm³/mol. The van der Waals surface area contributed by atoms with Crippen molar-refractivity contribution >= 4 is 28.2 Å². The second-order valence-corrected chi connectivity index (χ2v) is 8.50. The third kappa shape index (κ3) is 7.96. The number of nitrogens with zero attached hydrogens (tertiary/aromatic N) is 2. The zero-order valence-corrected chi connectivity index (χ0v) is 20.5. The third-order valence-corrected chi connectivity index (χ3v) is 6.06. The maximum absolute atomic E-state index is 12.8. The summed E-state index contributed by atoms with van der Waals surface area (Å²) in [5.41, 5.74) is 1.39. The van der Waals surface area contributed by atoms with Crippen molar-refractivity contribution in [3.63, 3.8) is 0 Å². The molecule has 0 saturated carbocycles. The summed E-state index contributed by atoms with van der Waals surface area (Å²) in [5, 5.41) is 4.93. The molecule has 1 fully saturated rings. The van der Waals surface area contributed by atoms with Crippen molar-refractivity contribution in [1.82, 2.24) is 20.1 Å². The van der Waals surface area contributed by atoms with Gasteiger partial charge in [-0.1, -0.05) is 0 Å². The molecular weight excluding hydrogens is 440 g/mol. The summed E-state index contributed by atoms with van der Waals surface area (Å²) in [6.07, 6.45) is 1.83. The standard InChI is InChI=1S/C24H36N4O4S/c1-3-32-21-6-7-22-19(17-21)16-20(23(29)26-22)18-28(24(33)25-8-4-13-30-2)10-5-9-27-11-14-31-15-12-27/h6-7,16-17H,3-5,8-15,18H2,1-2H3,(H,25,33)(H,26,29). The summed E-state index contributed by atoms with van der Waals surface area (Å²) in [7, 11) is 1.69. The van der Waals surface area contributed by atoms with Gasteiger partial charge >= 0.3 is 0 Å². The molecule has 0 spiro atoms. The highest BCUT2D eigenvalue weighted by Crippen LogP contribution is 2.20. The molecule has 0 radical (unpaired) electrons. The van der Waals surface area contributed by atoms with Crippen LogP contribution in [-0.2, 0) is 16.0 Å². The van der Waals surface area contributed by atoms with Crippen LogP contribution in [0.3, 0.4) is 0 Å². The lowest BCUT2D eigenvalue weighted by molar-refractivity contribution is 0.0367. The van der Waals surface area contributed by atoms with E-state index in [-0.39, 0.29) is 5.56 Å². The average Bonchev–Trinajstić information content (AvgIpc) is 2.82. The summed E-state index contributed by atoms with van der Waals surface area (Å²) in [6, 6.07) is 7.66. The number of aromatic amines is 1. The van der Waals surface area contributed by atoms with E-state index in [1.54, 1.807) is 7.11 Å². The zero-order chi connectivity index (χ0) is 23.5. The minimum atomic E-state index is -0.0907. The Balaban J connectivity index is 1.71. The highest BCUT2D eigenvalue weighted by molar-refractivity contribution is 7.80. The maximum atomic E-state index is 12.8. The Bertz CT molecular complexity index is 946. The van der Waals surface area contributed by atoms with Crippen LogP contribution in [0, 0.1) is 0 Å². The summed E-state index contributed by atoms with van der Waals surface area (Å²) in [6.45, 7) is 9.68. The highest BCUT2D eigenvalue weighted by atomic mass is 32.1. The van der Waals surface area contributed by atoms with Crippen LogP contribution in [0.5, 0.6) is 5.75 Å². The average molecular weight is 477 g/mol. The Morgan fingerprint density at radius 1 is 1.27 bits per heavy atom. The number of thiocarbonyl (C=S) groups is 1. The lowest BCUT2D eigenvalue weighted by Crippen LogP contribution is -2.43. The maximum Gasteiger partial charge on any atom is 0.253 e. The van der Waals surface area contributed by atoms with E-state index in [4.69, 9.17) is 26.4 Å². The van der Waals surface area contributed by atoms with Crippen molar-refractivity contribution in [3.8, 4) is 5.75 Å². The summed E-state index contributed by atoms with van der Waals surface area (Å²) < 4.78 is 16.2. The van der Waals surface area contributed by atoms with E-state index in [1.165, 1.54) is 0 Å². The largest absolute Gasteiger partial charge is 0.494 e. The molecule has 2 heterocycles. The molecule has 1 saturated heterocycles. The number of hydrogen-bond donors (Lipinski definition) is 2. The van der Waals surface area contributed by atoms with Crippen LogP contribution >= 0.6 is 12.2 Å². The lowest BCUT2D eigenvalue weighted by Gasteiger charge is -2.29. The van der Waals surface area contributed by atoms with Crippen molar-refractivity contribution in [1.29, 1.82) is 0 Å². The van der Waals surface area contributed by atoms with Crippen molar-refractivity contribution in [2.45, 2.75) is 26.3 Å². The number of fused-ring (bicyclic) bond motifs is 1. The lowest BCUT2D eigenvalue weighted by atomic mass is 10.1. The SMILES string of the molecule is CCOc1ccc2[nH]c(=O)c(CN(CCCN3CCOCC3)C(=S)NCCCOC)cc2c1. The van der Waals surface area contributed by atoms with E-state index in [0.29, 0.717) is 30.4 Å². The molecule has 0 bridgehead atoms. The molecule has 1 aliphatic heterocycles. The van der Waals surface area contributed by atoms with Gasteiger partial charge in [-0.3, -0.25) is 9.69 Å². The first kappa shape index (κ1) is 25.4. The third-order valence-electron chi connectivity index (χ3n) is 5.66. The van der Waals surface area contributed by atoms with Gasteiger partial charge in [-0.15, -0.1) is 0 Å². The summed E-state index contributed by atoms with van der Waals surface area (Å²) >= 11 is 5.70. The molecule has 9 heteroatoms. The van der Waals surface area contributed by atoms with Gasteiger partial charge in [0.05, 0.1) is 26.4 Å². The van der Waals surface area contributed by atoms with Crippen LogP contribution in [0.4, 0.5) is 0 Å². The molecule has 33 heavy (non-hydrogen) atoms. The van der Waals surface area contributed by atoms with Gasteiger partial charge in [-0.05, 0) is 56.2 Å². The summed E-state index contributed by atoms with van der Waals surface area (Å²) in [5.74, 6) is 0.792. The minimum absolute atomic E-state index is 0.0907. The molecule has 2 aromatic rings. The van der Waals surface area contributed by atoms with E-state index in [1.807, 2.05) is 31.2 Å². The van der Waals surface area contributed by atoms with Gasteiger partial charge in [0, 0.05) is 62.9 Å². The first-order valence-electron chi connectivity index (χ1n) is 11.7. The molecule has 0 aliphatic carbocycles. The predicted octanol–water partition coefficient (Wildman–Crippen LogP) is 2.36. The first-order chi connectivity index (χ1) is 16.1. The Hall–Kier alpha value is -2.20. The highest BCUT2D eigenvalue weighted by Gasteiger charge is 2.15. The van der Waals surface area contributed by atoms with Gasteiger partial charge in [0.1, 0.15) is 5.75 Å². The van der Waals surface area contributed by atoms with Crippen molar-refractivity contribution < 1.29 is 14.2 Å². The number of morpholine rings is 1. The molecule has 1 aromatic carbocycles. The normalized spacial score (nSPS) is 14.4. The van der Waals surface area contributed by atoms with Crippen LogP contribution in [0.1, 0.15) is 25.3 Å². The number of nitrogens with one attached hydrogen (secondary N) is 2. The number of hydrogen-bond acceptors (Lipinski definition) is 6. The molecule has 8 nitrogen and oxygen atoms in total. The molecule has 182 valence electrons. The number of pyridine rings is 1. The van der Waals surface area contributed by atoms with E-state index in [0.717, 1.165) is 75.4 Å². The van der Waals surface area contributed by atoms with E-state index in [9.17, 15) is 4.79 Å². The van der Waals surface area contributed by atoms with Gasteiger partial charge in [0.25, 0.3) is 5.56 Å². The van der Waals surface area contributed by atoms with Gasteiger partial charge in [0.15, 0.2) is 5.11 Å². The molecule has 0 amide bonds. The monoisotopic (exact) mass is 476 g/mol. The number of ether oxygens (including phenoxy) is 3. The van der Waals surface area contributed by atoms with E-state index >= 15 is 0 Å². The van der Waals surface area contributed by atoms with Crippen LogP contribution < -0.4 is 15.6 Å². The molecule has 1 aliphatic rings. The molecule has 3 rings (SSSR count). The van der Waals surface area contributed by atoms with Gasteiger partial charge < -0.3 is 29.4 Å². The second-order valence-electron chi connectivity index (χ2n) is 8.11. The van der Waals surface area contributed by atoms with Crippen LogP contribution in [-0.4, -0.2) is 86.2 Å². The van der Waals surface area contributed by atoms with Crippen LogP contribution in [0.25, 0.3) is 10.9 Å². The quantitative estimate of drug-likeness (QED) is 0.357. The Kier molecular flexibility index (Phi) is 10.4. The Labute approximate surface area is 201 Å². The molecule has 1 aromatic heterocycles. The van der Waals surface area contributed by atoms with E-state index in [2.05, 4.69) is 20.1 Å². The number of methoxy groups -OCH3 is 1. The van der Waals surface area contributed by atoms with Gasteiger partial charge in [0.2, 0.25) is 0 Å².